The lowest BCUT2D eigenvalue weighted by atomic mass is 10.0. The van der Waals surface area contributed by atoms with E-state index in [1.165, 1.54) is 6.07 Å². The zero-order valence-corrected chi connectivity index (χ0v) is 16.9. The van der Waals surface area contributed by atoms with Crippen LogP contribution in [0.4, 0.5) is 19.0 Å². The standard InChI is InChI=1S/C21H25F3N4O2/c1-13-10-19(25-16-4-3-8-28(12-16)14(2)7-9-29)26-27-20(13)17-6-5-15(11-18(17)30)21(22,23)24/h5-6,9-11,14,16,30H,3-4,7-8,12H2,1-2H3,(H,25,26)/t14-,16?/m0/s1. The van der Waals surface area contributed by atoms with Crippen molar-refractivity contribution in [3.05, 3.63) is 35.4 Å². The number of aromatic hydroxyl groups is 1. The smallest absolute Gasteiger partial charge is 0.416 e. The van der Waals surface area contributed by atoms with Gasteiger partial charge in [-0.1, -0.05) is 0 Å². The van der Waals surface area contributed by atoms with E-state index in [0.717, 1.165) is 38.3 Å². The van der Waals surface area contributed by atoms with Crippen molar-refractivity contribution in [3.8, 4) is 17.0 Å². The molecule has 9 heteroatoms. The lowest BCUT2D eigenvalue weighted by molar-refractivity contribution is -0.137. The monoisotopic (exact) mass is 422 g/mol. The van der Waals surface area contributed by atoms with Crippen LogP contribution in [0.1, 0.15) is 37.3 Å². The van der Waals surface area contributed by atoms with Gasteiger partial charge in [-0.05, 0) is 63.1 Å². The number of rotatable bonds is 6. The maximum Gasteiger partial charge on any atom is 0.416 e. The number of hydrogen-bond donors (Lipinski definition) is 2. The van der Waals surface area contributed by atoms with Crippen molar-refractivity contribution in [3.63, 3.8) is 0 Å². The summed E-state index contributed by atoms with van der Waals surface area (Å²) in [6.45, 7) is 5.54. The van der Waals surface area contributed by atoms with Crippen LogP contribution in [0.25, 0.3) is 11.3 Å². The van der Waals surface area contributed by atoms with E-state index in [9.17, 15) is 23.1 Å². The molecule has 3 rings (SSSR count). The van der Waals surface area contributed by atoms with Crippen LogP contribution in [-0.4, -0.2) is 51.7 Å². The Kier molecular flexibility index (Phi) is 6.60. The van der Waals surface area contributed by atoms with E-state index in [4.69, 9.17) is 0 Å². The fourth-order valence-corrected chi connectivity index (χ4v) is 3.75. The van der Waals surface area contributed by atoms with Crippen LogP contribution in [0, 0.1) is 6.92 Å². The molecule has 2 heterocycles. The highest BCUT2D eigenvalue weighted by atomic mass is 19.4. The summed E-state index contributed by atoms with van der Waals surface area (Å²) in [6.07, 6.45) is -1.12. The van der Waals surface area contributed by atoms with Crippen LogP contribution in [-0.2, 0) is 11.0 Å². The Labute approximate surface area is 173 Å². The molecule has 162 valence electrons. The first-order chi connectivity index (χ1) is 14.2. The quantitative estimate of drug-likeness (QED) is 0.685. The van der Waals surface area contributed by atoms with Gasteiger partial charge in [0.15, 0.2) is 0 Å². The topological polar surface area (TPSA) is 78.4 Å². The molecular formula is C21H25F3N4O2. The van der Waals surface area contributed by atoms with Crippen molar-refractivity contribution in [1.29, 1.82) is 0 Å². The minimum Gasteiger partial charge on any atom is -0.507 e. The van der Waals surface area contributed by atoms with Gasteiger partial charge in [0.2, 0.25) is 0 Å². The van der Waals surface area contributed by atoms with Crippen LogP contribution in [0.3, 0.4) is 0 Å². The molecule has 0 aliphatic carbocycles. The lowest BCUT2D eigenvalue weighted by Gasteiger charge is -2.36. The number of halogens is 3. The summed E-state index contributed by atoms with van der Waals surface area (Å²) < 4.78 is 38.4. The van der Waals surface area contributed by atoms with Gasteiger partial charge in [-0.2, -0.15) is 13.2 Å². The van der Waals surface area contributed by atoms with Gasteiger partial charge in [0.1, 0.15) is 17.9 Å². The number of benzene rings is 1. The van der Waals surface area contributed by atoms with E-state index in [0.29, 0.717) is 29.6 Å². The van der Waals surface area contributed by atoms with Gasteiger partial charge in [-0.3, -0.25) is 4.90 Å². The Balaban J connectivity index is 1.74. The fraction of sp³-hybridized carbons (Fsp3) is 0.476. The molecule has 1 fully saturated rings. The first-order valence-electron chi connectivity index (χ1n) is 9.88. The molecule has 1 saturated heterocycles. The number of hydrogen-bond acceptors (Lipinski definition) is 6. The molecule has 0 bridgehead atoms. The minimum absolute atomic E-state index is 0.159. The number of nitrogens with one attached hydrogen (secondary N) is 1. The number of piperidine rings is 1. The normalized spacial score (nSPS) is 18.8. The largest absolute Gasteiger partial charge is 0.507 e. The third-order valence-corrected chi connectivity index (χ3v) is 5.43. The van der Waals surface area contributed by atoms with Gasteiger partial charge in [0.25, 0.3) is 0 Å². The number of aryl methyl sites for hydroxylation is 1. The van der Waals surface area contributed by atoms with Crippen molar-refractivity contribution in [2.75, 3.05) is 18.4 Å². The molecule has 1 unspecified atom stereocenters. The van der Waals surface area contributed by atoms with Crippen LogP contribution in [0.5, 0.6) is 5.75 Å². The predicted molar refractivity (Wildman–Crippen MR) is 107 cm³/mol. The van der Waals surface area contributed by atoms with Crippen LogP contribution in [0.15, 0.2) is 24.3 Å². The number of likely N-dealkylation sites (tertiary alicyclic amines) is 1. The number of carbonyl (C=O) groups is 1. The minimum atomic E-state index is -4.53. The summed E-state index contributed by atoms with van der Waals surface area (Å²) in [6, 6.07) is 4.93. The van der Waals surface area contributed by atoms with Gasteiger partial charge < -0.3 is 15.2 Å². The summed E-state index contributed by atoms with van der Waals surface area (Å²) in [5.41, 5.74) is 0.297. The maximum atomic E-state index is 12.8. The second kappa shape index (κ2) is 8.99. The Morgan fingerprint density at radius 1 is 1.33 bits per heavy atom. The second-order valence-corrected chi connectivity index (χ2v) is 7.72. The molecule has 30 heavy (non-hydrogen) atoms. The van der Waals surface area contributed by atoms with Gasteiger partial charge in [0, 0.05) is 30.6 Å². The number of aldehydes is 1. The molecule has 0 amide bonds. The highest BCUT2D eigenvalue weighted by Crippen LogP contribution is 2.36. The highest BCUT2D eigenvalue weighted by molar-refractivity contribution is 5.70. The van der Waals surface area contributed by atoms with Crippen molar-refractivity contribution in [2.45, 2.75) is 51.4 Å². The van der Waals surface area contributed by atoms with Crippen molar-refractivity contribution in [1.82, 2.24) is 15.1 Å². The van der Waals surface area contributed by atoms with Gasteiger partial charge in [-0.15, -0.1) is 10.2 Å². The molecular weight excluding hydrogens is 397 g/mol. The highest BCUT2D eigenvalue weighted by Gasteiger charge is 2.31. The molecule has 2 atom stereocenters. The number of phenolic OH excluding ortho intramolecular Hbond substituents is 1. The van der Waals surface area contributed by atoms with E-state index in [1.807, 2.05) is 6.92 Å². The molecule has 6 nitrogen and oxygen atoms in total. The van der Waals surface area contributed by atoms with E-state index >= 15 is 0 Å². The van der Waals surface area contributed by atoms with Crippen molar-refractivity contribution < 1.29 is 23.1 Å². The molecule has 0 saturated carbocycles. The zero-order chi connectivity index (χ0) is 21.9. The van der Waals surface area contributed by atoms with E-state index in [-0.39, 0.29) is 17.6 Å². The second-order valence-electron chi connectivity index (χ2n) is 7.72. The summed E-state index contributed by atoms with van der Waals surface area (Å²) in [4.78, 5) is 13.0. The Morgan fingerprint density at radius 2 is 2.10 bits per heavy atom. The third kappa shape index (κ3) is 5.08. The Morgan fingerprint density at radius 3 is 2.73 bits per heavy atom. The molecule has 1 aromatic heterocycles. The number of phenols is 1. The Bertz CT molecular complexity index is 904. The number of aromatic nitrogens is 2. The number of anilines is 1. The average Bonchev–Trinajstić information content (AvgIpc) is 2.68. The maximum absolute atomic E-state index is 12.8. The van der Waals surface area contributed by atoms with E-state index in [2.05, 4.69) is 20.4 Å². The average molecular weight is 422 g/mol. The first kappa shape index (κ1) is 22.0. The molecule has 1 aliphatic rings. The summed E-state index contributed by atoms with van der Waals surface area (Å²) in [7, 11) is 0. The van der Waals surface area contributed by atoms with Gasteiger partial charge in [0.05, 0.1) is 11.3 Å². The number of alkyl halides is 3. The molecule has 1 aromatic carbocycles. The molecule has 2 N–H and O–H groups in total. The molecule has 0 radical (unpaired) electrons. The van der Waals surface area contributed by atoms with E-state index < -0.39 is 17.5 Å². The van der Waals surface area contributed by atoms with Crippen molar-refractivity contribution >= 4 is 12.1 Å². The van der Waals surface area contributed by atoms with Crippen LogP contribution in [0.2, 0.25) is 0 Å². The summed E-state index contributed by atoms with van der Waals surface area (Å²) in [5.74, 6) is 0.0764. The lowest BCUT2D eigenvalue weighted by Crippen LogP contribution is -2.46. The molecule has 2 aromatic rings. The van der Waals surface area contributed by atoms with Crippen molar-refractivity contribution in [2.24, 2.45) is 0 Å². The Hall–Kier alpha value is -2.68. The van der Waals surface area contributed by atoms with Crippen LogP contribution >= 0.6 is 0 Å². The van der Waals surface area contributed by atoms with Crippen LogP contribution < -0.4 is 5.32 Å². The predicted octanol–water partition coefficient (Wildman–Crippen LogP) is 4.03. The number of carbonyl (C=O) groups excluding carboxylic acids is 1. The SMILES string of the molecule is Cc1cc(NC2CCCN([C@@H](C)CC=O)C2)nnc1-c1ccc(C(F)(F)F)cc1O. The molecule has 0 spiro atoms. The first-order valence-corrected chi connectivity index (χ1v) is 9.88. The van der Waals surface area contributed by atoms with E-state index in [1.54, 1.807) is 13.0 Å². The van der Waals surface area contributed by atoms with Gasteiger partial charge >= 0.3 is 6.18 Å². The van der Waals surface area contributed by atoms with Gasteiger partial charge in [-0.25, -0.2) is 0 Å². The third-order valence-electron chi connectivity index (χ3n) is 5.43. The number of nitrogens with zero attached hydrogens (tertiary/aromatic N) is 3. The summed E-state index contributed by atoms with van der Waals surface area (Å²) >= 11 is 0. The fourth-order valence-electron chi connectivity index (χ4n) is 3.75. The summed E-state index contributed by atoms with van der Waals surface area (Å²) in [5, 5.41) is 21.7. The molecule has 1 aliphatic heterocycles. The zero-order valence-electron chi connectivity index (χ0n) is 16.9.